The minimum absolute atomic E-state index is 0.0133. The Morgan fingerprint density at radius 2 is 1.94 bits per heavy atom. The number of carbonyl (C=O) groups excluding carboxylic acids is 1. The van der Waals surface area contributed by atoms with Crippen LogP contribution in [0.3, 0.4) is 0 Å². The topological polar surface area (TPSA) is 35.5 Å². The molecular formula is C15H22O3. The van der Waals surface area contributed by atoms with Crippen molar-refractivity contribution >= 4 is 5.97 Å². The van der Waals surface area contributed by atoms with Gasteiger partial charge in [-0.25, -0.2) is 0 Å². The van der Waals surface area contributed by atoms with Gasteiger partial charge >= 0.3 is 5.97 Å². The van der Waals surface area contributed by atoms with E-state index in [1.165, 1.54) is 7.11 Å². The molecule has 0 radical (unpaired) electrons. The maximum absolute atomic E-state index is 11.5. The third-order valence-electron chi connectivity index (χ3n) is 3.14. The number of methoxy groups -OCH3 is 2. The van der Waals surface area contributed by atoms with E-state index in [2.05, 4.69) is 20.8 Å². The number of ether oxygens (including phenoxy) is 2. The van der Waals surface area contributed by atoms with Gasteiger partial charge in [0.25, 0.3) is 0 Å². The molecule has 1 atom stereocenters. The Labute approximate surface area is 109 Å². The standard InChI is InChI=1S/C15H22O3/c1-15(2,3)13(10-14(16)18-5)11-7-6-8-12(9-11)17-4/h6-9,13H,10H2,1-5H3/t13-/m1/s1. The molecule has 0 bridgehead atoms. The summed E-state index contributed by atoms with van der Waals surface area (Å²) in [6, 6.07) is 7.87. The molecule has 0 unspecified atom stereocenters. The molecule has 3 nitrogen and oxygen atoms in total. The summed E-state index contributed by atoms with van der Waals surface area (Å²) in [5.41, 5.74) is 1.09. The summed E-state index contributed by atoms with van der Waals surface area (Å²) in [6.07, 6.45) is 0.382. The van der Waals surface area contributed by atoms with Gasteiger partial charge in [-0.15, -0.1) is 0 Å². The van der Waals surface area contributed by atoms with Crippen molar-refractivity contribution in [1.82, 2.24) is 0 Å². The zero-order valence-electron chi connectivity index (χ0n) is 11.8. The highest BCUT2D eigenvalue weighted by Crippen LogP contribution is 2.38. The van der Waals surface area contributed by atoms with E-state index >= 15 is 0 Å². The van der Waals surface area contributed by atoms with Crippen molar-refractivity contribution < 1.29 is 14.3 Å². The van der Waals surface area contributed by atoms with Crippen LogP contribution in [-0.4, -0.2) is 20.2 Å². The van der Waals surface area contributed by atoms with Crippen molar-refractivity contribution in [1.29, 1.82) is 0 Å². The van der Waals surface area contributed by atoms with Crippen LogP contribution in [0.4, 0.5) is 0 Å². The fourth-order valence-corrected chi connectivity index (χ4v) is 2.03. The normalized spacial score (nSPS) is 12.9. The Morgan fingerprint density at radius 3 is 2.44 bits per heavy atom. The highest BCUT2D eigenvalue weighted by atomic mass is 16.5. The van der Waals surface area contributed by atoms with Gasteiger partial charge in [-0.3, -0.25) is 4.79 Å². The summed E-state index contributed by atoms with van der Waals surface area (Å²) in [5, 5.41) is 0. The van der Waals surface area contributed by atoms with Gasteiger partial charge in [0.1, 0.15) is 5.75 Å². The molecule has 1 rings (SSSR count). The Bertz CT molecular complexity index is 404. The zero-order chi connectivity index (χ0) is 13.8. The first-order chi connectivity index (χ1) is 8.38. The summed E-state index contributed by atoms with van der Waals surface area (Å²) in [6.45, 7) is 6.38. The van der Waals surface area contributed by atoms with Crippen molar-refractivity contribution in [2.45, 2.75) is 33.1 Å². The molecule has 0 heterocycles. The first-order valence-corrected chi connectivity index (χ1v) is 6.09. The molecule has 1 aromatic rings. The molecule has 0 aromatic heterocycles. The lowest BCUT2D eigenvalue weighted by molar-refractivity contribution is -0.141. The van der Waals surface area contributed by atoms with E-state index in [1.807, 2.05) is 24.3 Å². The molecule has 0 saturated heterocycles. The molecule has 18 heavy (non-hydrogen) atoms. The van der Waals surface area contributed by atoms with Crippen LogP contribution in [-0.2, 0) is 9.53 Å². The van der Waals surface area contributed by atoms with Gasteiger partial charge in [-0.1, -0.05) is 32.9 Å². The number of hydrogen-bond acceptors (Lipinski definition) is 3. The first-order valence-electron chi connectivity index (χ1n) is 6.09. The highest BCUT2D eigenvalue weighted by Gasteiger charge is 2.29. The van der Waals surface area contributed by atoms with E-state index in [-0.39, 0.29) is 17.3 Å². The maximum Gasteiger partial charge on any atom is 0.306 e. The molecule has 0 aliphatic heterocycles. The van der Waals surface area contributed by atoms with Crippen LogP contribution in [0.1, 0.15) is 38.7 Å². The second-order valence-corrected chi connectivity index (χ2v) is 5.48. The van der Waals surface area contributed by atoms with Gasteiger partial charge in [0.15, 0.2) is 0 Å². The average molecular weight is 250 g/mol. The van der Waals surface area contributed by atoms with E-state index in [4.69, 9.17) is 9.47 Å². The molecule has 0 saturated carbocycles. The second-order valence-electron chi connectivity index (χ2n) is 5.48. The lowest BCUT2D eigenvalue weighted by Gasteiger charge is -2.30. The Balaban J connectivity index is 3.05. The lowest BCUT2D eigenvalue weighted by Crippen LogP contribution is -2.22. The van der Waals surface area contributed by atoms with Gasteiger partial charge in [-0.05, 0) is 29.0 Å². The molecule has 100 valence electrons. The molecule has 0 N–H and O–H groups in total. The van der Waals surface area contributed by atoms with Gasteiger partial charge in [0.2, 0.25) is 0 Å². The van der Waals surface area contributed by atoms with E-state index in [1.54, 1.807) is 7.11 Å². The van der Waals surface area contributed by atoms with Crippen LogP contribution in [0.15, 0.2) is 24.3 Å². The van der Waals surface area contributed by atoms with E-state index < -0.39 is 0 Å². The van der Waals surface area contributed by atoms with E-state index in [9.17, 15) is 4.79 Å². The minimum atomic E-state index is -0.183. The summed E-state index contributed by atoms with van der Waals surface area (Å²) < 4.78 is 10.0. The van der Waals surface area contributed by atoms with Crippen LogP contribution >= 0.6 is 0 Å². The van der Waals surface area contributed by atoms with Gasteiger partial charge in [0.05, 0.1) is 20.6 Å². The average Bonchev–Trinajstić information content (AvgIpc) is 2.34. The molecule has 0 fully saturated rings. The van der Waals surface area contributed by atoms with Crippen LogP contribution in [0.2, 0.25) is 0 Å². The second kappa shape index (κ2) is 5.89. The van der Waals surface area contributed by atoms with Gasteiger partial charge in [0, 0.05) is 0 Å². The monoisotopic (exact) mass is 250 g/mol. The number of esters is 1. The Morgan fingerprint density at radius 1 is 1.28 bits per heavy atom. The molecule has 0 spiro atoms. The third-order valence-corrected chi connectivity index (χ3v) is 3.14. The zero-order valence-corrected chi connectivity index (χ0v) is 11.8. The summed E-state index contributed by atoms with van der Waals surface area (Å²) in [5.74, 6) is 0.740. The fraction of sp³-hybridized carbons (Fsp3) is 0.533. The van der Waals surface area contributed by atoms with Crippen molar-refractivity contribution in [3.63, 3.8) is 0 Å². The maximum atomic E-state index is 11.5. The van der Waals surface area contributed by atoms with Crippen molar-refractivity contribution in [3.8, 4) is 5.75 Å². The van der Waals surface area contributed by atoms with Crippen LogP contribution in [0.25, 0.3) is 0 Å². The molecular weight excluding hydrogens is 228 g/mol. The molecule has 0 aliphatic carbocycles. The largest absolute Gasteiger partial charge is 0.497 e. The minimum Gasteiger partial charge on any atom is -0.497 e. The first kappa shape index (κ1) is 14.6. The summed E-state index contributed by atoms with van der Waals surface area (Å²) in [4.78, 5) is 11.5. The number of hydrogen-bond donors (Lipinski definition) is 0. The molecule has 0 aliphatic rings. The van der Waals surface area contributed by atoms with Crippen LogP contribution in [0.5, 0.6) is 5.75 Å². The number of benzene rings is 1. The number of carbonyl (C=O) groups is 1. The van der Waals surface area contributed by atoms with E-state index in [0.29, 0.717) is 6.42 Å². The summed E-state index contributed by atoms with van der Waals surface area (Å²) >= 11 is 0. The fourth-order valence-electron chi connectivity index (χ4n) is 2.03. The smallest absolute Gasteiger partial charge is 0.306 e. The van der Waals surface area contributed by atoms with Gasteiger partial charge in [-0.2, -0.15) is 0 Å². The van der Waals surface area contributed by atoms with Crippen molar-refractivity contribution in [2.24, 2.45) is 5.41 Å². The Hall–Kier alpha value is -1.51. The lowest BCUT2D eigenvalue weighted by atomic mass is 9.74. The molecule has 1 aromatic carbocycles. The van der Waals surface area contributed by atoms with Crippen LogP contribution in [0, 0.1) is 5.41 Å². The number of rotatable bonds is 4. The van der Waals surface area contributed by atoms with Crippen LogP contribution < -0.4 is 4.74 Å². The van der Waals surface area contributed by atoms with Gasteiger partial charge < -0.3 is 9.47 Å². The third kappa shape index (κ3) is 3.76. The summed E-state index contributed by atoms with van der Waals surface area (Å²) in [7, 11) is 3.07. The molecule has 0 amide bonds. The highest BCUT2D eigenvalue weighted by molar-refractivity contribution is 5.70. The Kier molecular flexibility index (Phi) is 4.76. The predicted octanol–water partition coefficient (Wildman–Crippen LogP) is 3.39. The van der Waals surface area contributed by atoms with E-state index in [0.717, 1.165) is 11.3 Å². The predicted molar refractivity (Wildman–Crippen MR) is 71.8 cm³/mol. The van der Waals surface area contributed by atoms with Crippen molar-refractivity contribution in [2.75, 3.05) is 14.2 Å². The SMILES string of the molecule is COC(=O)C[C@H](c1cccc(OC)c1)C(C)(C)C. The van der Waals surface area contributed by atoms with Crippen molar-refractivity contribution in [3.05, 3.63) is 29.8 Å². The quantitative estimate of drug-likeness (QED) is 0.768. The molecule has 3 heteroatoms.